The average molecular weight is 610 g/mol. The van der Waals surface area contributed by atoms with Gasteiger partial charge in [0.2, 0.25) is 5.91 Å². The Morgan fingerprint density at radius 1 is 1.18 bits per heavy atom. The summed E-state index contributed by atoms with van der Waals surface area (Å²) in [4.78, 5) is 42.2. The number of carbonyl (C=O) groups excluding carboxylic acids is 2. The smallest absolute Gasteiger partial charge is 0.263 e. The van der Waals surface area contributed by atoms with Gasteiger partial charge in [0.15, 0.2) is 0 Å². The predicted molar refractivity (Wildman–Crippen MR) is 187 cm³/mol. The molecule has 0 saturated heterocycles. The molecular weight excluding hydrogens is 562 g/mol. The maximum absolute atomic E-state index is 12.8. The Morgan fingerprint density at radius 3 is 2.62 bits per heavy atom. The van der Waals surface area contributed by atoms with Crippen molar-refractivity contribution in [3.05, 3.63) is 120 Å². The first-order chi connectivity index (χ1) is 21.6. The average Bonchev–Trinajstić information content (AvgIpc) is 3.03. The Kier molecular flexibility index (Phi) is 14.7. The number of anilines is 2. The van der Waals surface area contributed by atoms with Crippen molar-refractivity contribution >= 4 is 23.2 Å². The van der Waals surface area contributed by atoms with Crippen LogP contribution in [0.3, 0.4) is 0 Å². The molecule has 0 unspecified atom stereocenters. The monoisotopic (exact) mass is 609 g/mol. The van der Waals surface area contributed by atoms with Crippen LogP contribution in [0.5, 0.6) is 0 Å². The normalized spacial score (nSPS) is 12.8. The highest BCUT2D eigenvalue weighted by molar-refractivity contribution is 6.07. The summed E-state index contributed by atoms with van der Waals surface area (Å²) in [5.74, 6) is 4.99. The van der Waals surface area contributed by atoms with Crippen molar-refractivity contribution in [3.8, 4) is 11.8 Å². The fourth-order valence-electron chi connectivity index (χ4n) is 4.12. The molecule has 0 aromatic carbocycles. The van der Waals surface area contributed by atoms with Gasteiger partial charge in [0, 0.05) is 42.4 Å². The fourth-order valence-corrected chi connectivity index (χ4v) is 4.12. The van der Waals surface area contributed by atoms with Gasteiger partial charge in [-0.1, -0.05) is 51.5 Å². The van der Waals surface area contributed by atoms with E-state index in [0.717, 1.165) is 40.9 Å². The number of fused-ring (bicyclic) bond motifs is 1. The van der Waals surface area contributed by atoms with Crippen LogP contribution in [0.2, 0.25) is 0 Å². The number of rotatable bonds is 10. The number of aryl methyl sites for hydroxylation is 1. The second kappa shape index (κ2) is 18.4. The molecule has 0 aliphatic carbocycles. The van der Waals surface area contributed by atoms with Crippen molar-refractivity contribution in [2.75, 3.05) is 37.8 Å². The molecule has 0 spiro atoms. The SMILES string of the molecule is C=C=C(C)/C=C(\C=C/C#CC(=C)C(=O)Nc1cc(NC(=O)CN2CCc3cncnc3C2)cnc1C)C(/C=C)=C/N(C)C.CC.[HH].[HH]. The molecule has 0 bridgehead atoms. The zero-order valence-electron chi connectivity index (χ0n) is 27.2. The van der Waals surface area contributed by atoms with Crippen molar-refractivity contribution in [1.29, 1.82) is 0 Å². The van der Waals surface area contributed by atoms with Gasteiger partial charge in [0.05, 0.1) is 41.1 Å². The topological polar surface area (TPSA) is 103 Å². The van der Waals surface area contributed by atoms with Gasteiger partial charge in [-0.05, 0) is 66.8 Å². The number of hydrogen-bond acceptors (Lipinski definition) is 7. The summed E-state index contributed by atoms with van der Waals surface area (Å²) in [6, 6.07) is 1.66. The minimum atomic E-state index is -0.469. The van der Waals surface area contributed by atoms with Gasteiger partial charge in [-0.15, -0.1) is 5.73 Å². The first-order valence-corrected chi connectivity index (χ1v) is 14.6. The number of hydrogen-bond donors (Lipinski definition) is 2. The lowest BCUT2D eigenvalue weighted by Crippen LogP contribution is -2.37. The first kappa shape index (κ1) is 35.9. The number of nitrogens with one attached hydrogen (secondary N) is 2. The van der Waals surface area contributed by atoms with Crippen LogP contribution in [0.15, 0.2) is 103 Å². The summed E-state index contributed by atoms with van der Waals surface area (Å²) in [7, 11) is 3.85. The van der Waals surface area contributed by atoms with Gasteiger partial charge in [-0.25, -0.2) is 9.97 Å². The van der Waals surface area contributed by atoms with Gasteiger partial charge < -0.3 is 15.5 Å². The minimum Gasteiger partial charge on any atom is -0.383 e. The number of allylic oxidation sites excluding steroid dienone is 7. The summed E-state index contributed by atoms with van der Waals surface area (Å²) in [5, 5.41) is 5.65. The van der Waals surface area contributed by atoms with Crippen molar-refractivity contribution in [2.45, 2.75) is 40.7 Å². The Bertz CT molecular complexity index is 1630. The van der Waals surface area contributed by atoms with Gasteiger partial charge in [-0.3, -0.25) is 19.5 Å². The van der Waals surface area contributed by atoms with Crippen LogP contribution in [0, 0.1) is 18.8 Å². The van der Waals surface area contributed by atoms with E-state index in [9.17, 15) is 9.59 Å². The lowest BCUT2D eigenvalue weighted by Gasteiger charge is -2.26. The standard InChI is InChI=1S/C34H37N7O2.C2H6.2H2/c1-8-24(3)16-28(27(9-2)20-40(6)7)13-11-10-12-25(4)34(43)39-31-17-30(19-36-26(31)5)38-33(42)22-41-15-14-29-18-35-23-37-32(29)21-41;1-2;;/h9,11,13,16-20,23H,1-2,4,14-15,21-22H2,3,5-7H3,(H,38,42)(H,39,43);1-2H3;2*1H/b13-11-,27-20+,28-16+;;;. The summed E-state index contributed by atoms with van der Waals surface area (Å²) < 4.78 is 0. The molecule has 0 saturated carbocycles. The third-order valence-electron chi connectivity index (χ3n) is 6.38. The van der Waals surface area contributed by atoms with Crippen molar-refractivity contribution in [2.24, 2.45) is 0 Å². The van der Waals surface area contributed by atoms with Crippen LogP contribution >= 0.6 is 0 Å². The Labute approximate surface area is 270 Å². The fraction of sp³-hybridized carbons (Fsp3) is 0.278. The summed E-state index contributed by atoms with van der Waals surface area (Å²) in [6.45, 7) is 20.6. The number of pyridine rings is 1. The highest BCUT2D eigenvalue weighted by Crippen LogP contribution is 2.20. The number of nitrogens with zero attached hydrogens (tertiary/aromatic N) is 5. The van der Waals surface area contributed by atoms with Gasteiger partial charge >= 0.3 is 0 Å². The molecule has 1 aliphatic rings. The zero-order valence-corrected chi connectivity index (χ0v) is 27.2. The van der Waals surface area contributed by atoms with Crippen LogP contribution in [-0.2, 0) is 22.6 Å². The summed E-state index contributed by atoms with van der Waals surface area (Å²) in [6.07, 6.45) is 14.8. The van der Waals surface area contributed by atoms with Crippen LogP contribution in [0.4, 0.5) is 11.4 Å². The lowest BCUT2D eigenvalue weighted by atomic mass is 10.0. The predicted octanol–water partition coefficient (Wildman–Crippen LogP) is 6.04. The van der Waals surface area contributed by atoms with E-state index < -0.39 is 5.91 Å². The molecular formula is C36H47N7O2. The lowest BCUT2D eigenvalue weighted by molar-refractivity contribution is -0.117. The van der Waals surface area contributed by atoms with E-state index in [1.165, 1.54) is 6.33 Å². The van der Waals surface area contributed by atoms with Crippen LogP contribution in [-0.4, -0.2) is 63.8 Å². The molecule has 0 radical (unpaired) electrons. The minimum absolute atomic E-state index is 0. The molecule has 1 aliphatic heterocycles. The summed E-state index contributed by atoms with van der Waals surface area (Å²) >= 11 is 0. The molecule has 2 aromatic heterocycles. The molecule has 2 N–H and O–H groups in total. The molecule has 2 amide bonds. The second-order valence-electron chi connectivity index (χ2n) is 10.1. The Hall–Kier alpha value is -5.29. The molecule has 0 fully saturated rings. The third-order valence-corrected chi connectivity index (χ3v) is 6.38. The Morgan fingerprint density at radius 2 is 1.93 bits per heavy atom. The molecule has 9 nitrogen and oxygen atoms in total. The van der Waals surface area contributed by atoms with E-state index >= 15 is 0 Å². The number of carbonyl (C=O) groups is 2. The zero-order chi connectivity index (χ0) is 33.4. The molecule has 9 heteroatoms. The number of aromatic nitrogens is 3. The van der Waals surface area contributed by atoms with Gasteiger partial charge in [0.25, 0.3) is 5.91 Å². The molecule has 2 aromatic rings. The van der Waals surface area contributed by atoms with E-state index in [2.05, 4.69) is 62.9 Å². The van der Waals surface area contributed by atoms with Gasteiger partial charge in [-0.2, -0.15) is 0 Å². The van der Waals surface area contributed by atoms with E-state index in [4.69, 9.17) is 0 Å². The summed E-state index contributed by atoms with van der Waals surface area (Å²) in [5.41, 5.74) is 9.10. The molecule has 3 heterocycles. The number of amides is 2. The quantitative estimate of drug-likeness (QED) is 0.147. The van der Waals surface area contributed by atoms with Crippen LogP contribution < -0.4 is 10.6 Å². The molecule has 3 rings (SSSR count). The van der Waals surface area contributed by atoms with Crippen LogP contribution in [0.1, 0.15) is 40.6 Å². The van der Waals surface area contributed by atoms with E-state index in [-0.39, 0.29) is 20.9 Å². The van der Waals surface area contributed by atoms with Crippen molar-refractivity contribution in [1.82, 2.24) is 24.8 Å². The first-order valence-electron chi connectivity index (χ1n) is 14.6. The third kappa shape index (κ3) is 11.7. The highest BCUT2D eigenvalue weighted by atomic mass is 16.2. The second-order valence-corrected chi connectivity index (χ2v) is 10.1. The van der Waals surface area contributed by atoms with E-state index in [1.54, 1.807) is 31.3 Å². The van der Waals surface area contributed by atoms with E-state index in [1.807, 2.05) is 69.2 Å². The van der Waals surface area contributed by atoms with Crippen molar-refractivity contribution < 1.29 is 12.4 Å². The van der Waals surface area contributed by atoms with Crippen molar-refractivity contribution in [3.63, 3.8) is 0 Å². The Balaban J connectivity index is 0.00000519. The maximum atomic E-state index is 12.8. The maximum Gasteiger partial charge on any atom is 0.263 e. The molecule has 0 atom stereocenters. The largest absolute Gasteiger partial charge is 0.383 e. The molecule has 238 valence electrons. The molecule has 45 heavy (non-hydrogen) atoms. The van der Waals surface area contributed by atoms with Gasteiger partial charge in [0.1, 0.15) is 6.33 Å². The van der Waals surface area contributed by atoms with Crippen LogP contribution in [0.25, 0.3) is 0 Å². The highest BCUT2D eigenvalue weighted by Gasteiger charge is 2.20. The van der Waals surface area contributed by atoms with E-state index in [0.29, 0.717) is 23.6 Å².